The summed E-state index contributed by atoms with van der Waals surface area (Å²) >= 11 is 0. The molecule has 0 unspecified atom stereocenters. The van der Waals surface area contributed by atoms with Gasteiger partial charge in [0.15, 0.2) is 0 Å². The molecule has 0 aliphatic heterocycles. The molecule has 0 saturated carbocycles. The van der Waals surface area contributed by atoms with Crippen molar-refractivity contribution >= 4 is 11.4 Å². The molecule has 4 nitrogen and oxygen atoms in total. The molecular weight excluding hydrogens is 190 g/mol. The molecule has 1 aromatic rings. The predicted octanol–water partition coefficient (Wildman–Crippen LogP) is 1.96. The Morgan fingerprint density at radius 1 is 1.20 bits per heavy atom. The lowest BCUT2D eigenvalue weighted by atomic mass is 10.3. The largest absolute Gasteiger partial charge is 0.384 e. The molecule has 0 atom stereocenters. The van der Waals surface area contributed by atoms with Crippen LogP contribution in [0.5, 0.6) is 0 Å². The van der Waals surface area contributed by atoms with Crippen molar-refractivity contribution in [2.24, 2.45) is 0 Å². The highest BCUT2D eigenvalue weighted by atomic mass is 16.5. The molecular formula is C11H19N3O. The quantitative estimate of drug-likeness (QED) is 0.674. The smallest absolute Gasteiger partial charge is 0.0635 e. The Morgan fingerprint density at radius 2 is 1.87 bits per heavy atom. The maximum atomic E-state index is 4.96. The second-order valence-electron chi connectivity index (χ2n) is 3.31. The molecule has 1 aromatic heterocycles. The Bertz CT molecular complexity index is 278. The SMILES string of the molecule is CCCNc1cncc(NCCOC)c1. The lowest BCUT2D eigenvalue weighted by Gasteiger charge is -2.08. The van der Waals surface area contributed by atoms with E-state index in [4.69, 9.17) is 4.74 Å². The van der Waals surface area contributed by atoms with Gasteiger partial charge in [0, 0.05) is 20.2 Å². The minimum absolute atomic E-state index is 0.701. The molecule has 0 fully saturated rings. The lowest BCUT2D eigenvalue weighted by molar-refractivity contribution is 0.211. The Labute approximate surface area is 91.1 Å². The second kappa shape index (κ2) is 7.06. The Balaban J connectivity index is 2.42. The van der Waals surface area contributed by atoms with E-state index >= 15 is 0 Å². The minimum Gasteiger partial charge on any atom is -0.384 e. The van der Waals surface area contributed by atoms with E-state index in [1.54, 1.807) is 7.11 Å². The van der Waals surface area contributed by atoms with Gasteiger partial charge in [0.1, 0.15) is 0 Å². The van der Waals surface area contributed by atoms with Crippen LogP contribution in [0.1, 0.15) is 13.3 Å². The molecule has 1 heterocycles. The first kappa shape index (κ1) is 11.8. The Morgan fingerprint density at radius 3 is 2.47 bits per heavy atom. The number of nitrogens with one attached hydrogen (secondary N) is 2. The highest BCUT2D eigenvalue weighted by Crippen LogP contribution is 2.12. The number of pyridine rings is 1. The molecule has 0 aliphatic carbocycles. The molecule has 0 bridgehead atoms. The van der Waals surface area contributed by atoms with Crippen LogP contribution in [-0.2, 0) is 4.74 Å². The summed E-state index contributed by atoms with van der Waals surface area (Å²) in [5, 5.41) is 6.53. The summed E-state index contributed by atoms with van der Waals surface area (Å²) in [6.45, 7) is 4.62. The summed E-state index contributed by atoms with van der Waals surface area (Å²) in [7, 11) is 1.69. The second-order valence-corrected chi connectivity index (χ2v) is 3.31. The van der Waals surface area contributed by atoms with E-state index in [0.29, 0.717) is 6.61 Å². The normalized spacial score (nSPS) is 10.0. The van der Waals surface area contributed by atoms with E-state index in [-0.39, 0.29) is 0 Å². The fourth-order valence-corrected chi connectivity index (χ4v) is 1.20. The van der Waals surface area contributed by atoms with E-state index in [9.17, 15) is 0 Å². The summed E-state index contributed by atoms with van der Waals surface area (Å²) < 4.78 is 4.96. The van der Waals surface area contributed by atoms with Gasteiger partial charge >= 0.3 is 0 Å². The summed E-state index contributed by atoms with van der Waals surface area (Å²) in [6, 6.07) is 2.05. The monoisotopic (exact) mass is 209 g/mol. The third-order valence-electron chi connectivity index (χ3n) is 1.95. The van der Waals surface area contributed by atoms with Gasteiger partial charge in [0.25, 0.3) is 0 Å². The van der Waals surface area contributed by atoms with E-state index in [1.807, 2.05) is 12.4 Å². The summed E-state index contributed by atoms with van der Waals surface area (Å²) in [5.74, 6) is 0. The minimum atomic E-state index is 0.701. The highest BCUT2D eigenvalue weighted by molar-refractivity contribution is 5.53. The van der Waals surface area contributed by atoms with Crippen molar-refractivity contribution < 1.29 is 4.74 Å². The van der Waals surface area contributed by atoms with Gasteiger partial charge in [-0.1, -0.05) is 6.92 Å². The van der Waals surface area contributed by atoms with E-state index in [0.717, 1.165) is 30.9 Å². The van der Waals surface area contributed by atoms with Crippen LogP contribution in [0.4, 0.5) is 11.4 Å². The van der Waals surface area contributed by atoms with Gasteiger partial charge in [-0.15, -0.1) is 0 Å². The number of aromatic nitrogens is 1. The molecule has 4 heteroatoms. The molecule has 0 saturated heterocycles. The molecule has 0 aromatic carbocycles. The molecule has 0 amide bonds. The van der Waals surface area contributed by atoms with Crippen LogP contribution in [-0.4, -0.2) is 31.8 Å². The van der Waals surface area contributed by atoms with Gasteiger partial charge < -0.3 is 15.4 Å². The Hall–Kier alpha value is -1.29. The van der Waals surface area contributed by atoms with Crippen molar-refractivity contribution in [1.82, 2.24) is 4.98 Å². The first-order valence-electron chi connectivity index (χ1n) is 5.28. The van der Waals surface area contributed by atoms with Crippen molar-refractivity contribution in [2.75, 3.05) is 37.4 Å². The van der Waals surface area contributed by atoms with E-state index in [1.165, 1.54) is 0 Å². The standard InChI is InChI=1S/C11H19N3O/c1-3-4-13-10-7-11(9-12-8-10)14-5-6-15-2/h7-9,13-14H,3-6H2,1-2H3. The summed E-state index contributed by atoms with van der Waals surface area (Å²) in [4.78, 5) is 4.15. The van der Waals surface area contributed by atoms with Gasteiger partial charge in [-0.3, -0.25) is 4.98 Å². The number of rotatable bonds is 7. The third-order valence-corrected chi connectivity index (χ3v) is 1.95. The van der Waals surface area contributed by atoms with Crippen LogP contribution in [0.2, 0.25) is 0 Å². The van der Waals surface area contributed by atoms with Gasteiger partial charge in [-0.25, -0.2) is 0 Å². The molecule has 2 N–H and O–H groups in total. The Kier molecular flexibility index (Phi) is 5.55. The zero-order valence-electron chi connectivity index (χ0n) is 9.42. The van der Waals surface area contributed by atoms with Crippen LogP contribution < -0.4 is 10.6 Å². The highest BCUT2D eigenvalue weighted by Gasteiger charge is 1.95. The summed E-state index contributed by atoms with van der Waals surface area (Å²) in [5.41, 5.74) is 2.08. The van der Waals surface area contributed by atoms with Crippen molar-refractivity contribution in [1.29, 1.82) is 0 Å². The average Bonchev–Trinajstić information content (AvgIpc) is 2.27. The van der Waals surface area contributed by atoms with Crippen LogP contribution >= 0.6 is 0 Å². The molecule has 15 heavy (non-hydrogen) atoms. The zero-order valence-corrected chi connectivity index (χ0v) is 9.42. The molecule has 84 valence electrons. The number of hydrogen-bond acceptors (Lipinski definition) is 4. The predicted molar refractivity (Wildman–Crippen MR) is 63.4 cm³/mol. The fraction of sp³-hybridized carbons (Fsp3) is 0.545. The number of ether oxygens (including phenoxy) is 1. The van der Waals surface area contributed by atoms with Gasteiger partial charge in [-0.05, 0) is 12.5 Å². The number of methoxy groups -OCH3 is 1. The maximum absolute atomic E-state index is 4.96. The summed E-state index contributed by atoms with van der Waals surface area (Å²) in [6.07, 6.45) is 4.76. The molecule has 0 radical (unpaired) electrons. The van der Waals surface area contributed by atoms with E-state index < -0.39 is 0 Å². The van der Waals surface area contributed by atoms with Crippen LogP contribution in [0.3, 0.4) is 0 Å². The first-order chi connectivity index (χ1) is 7.36. The van der Waals surface area contributed by atoms with Crippen LogP contribution in [0.25, 0.3) is 0 Å². The first-order valence-corrected chi connectivity index (χ1v) is 5.28. The van der Waals surface area contributed by atoms with Gasteiger partial charge in [0.05, 0.1) is 30.4 Å². The van der Waals surface area contributed by atoms with Gasteiger partial charge in [-0.2, -0.15) is 0 Å². The van der Waals surface area contributed by atoms with E-state index in [2.05, 4.69) is 28.6 Å². The molecule has 0 spiro atoms. The zero-order chi connectivity index (χ0) is 10.9. The van der Waals surface area contributed by atoms with Gasteiger partial charge in [0.2, 0.25) is 0 Å². The van der Waals surface area contributed by atoms with Crippen LogP contribution in [0.15, 0.2) is 18.5 Å². The topological polar surface area (TPSA) is 46.2 Å². The lowest BCUT2D eigenvalue weighted by Crippen LogP contribution is -2.08. The average molecular weight is 209 g/mol. The van der Waals surface area contributed by atoms with Crippen molar-refractivity contribution in [3.05, 3.63) is 18.5 Å². The fourth-order valence-electron chi connectivity index (χ4n) is 1.20. The molecule has 1 rings (SSSR count). The number of hydrogen-bond donors (Lipinski definition) is 2. The van der Waals surface area contributed by atoms with Crippen molar-refractivity contribution in [2.45, 2.75) is 13.3 Å². The number of nitrogens with zero attached hydrogens (tertiary/aromatic N) is 1. The van der Waals surface area contributed by atoms with Crippen molar-refractivity contribution in [3.8, 4) is 0 Å². The molecule has 0 aliphatic rings. The van der Waals surface area contributed by atoms with Crippen LogP contribution in [0, 0.1) is 0 Å². The number of anilines is 2. The maximum Gasteiger partial charge on any atom is 0.0635 e. The van der Waals surface area contributed by atoms with Crippen molar-refractivity contribution in [3.63, 3.8) is 0 Å². The third kappa shape index (κ3) is 4.65.